The van der Waals surface area contributed by atoms with Crippen molar-refractivity contribution >= 4 is 37.5 Å². The normalized spacial score (nSPS) is 10.4. The van der Waals surface area contributed by atoms with Gasteiger partial charge >= 0.3 is 0 Å². The lowest BCUT2D eigenvalue weighted by molar-refractivity contribution is -0.385. The Kier molecular flexibility index (Phi) is 5.33. The van der Waals surface area contributed by atoms with E-state index in [1.54, 1.807) is 12.1 Å². The van der Waals surface area contributed by atoms with Crippen LogP contribution >= 0.6 is 31.9 Å². The summed E-state index contributed by atoms with van der Waals surface area (Å²) in [6, 6.07) is 10.5. The second-order valence-corrected chi connectivity index (χ2v) is 5.88. The van der Waals surface area contributed by atoms with Crippen LogP contribution in [0.25, 0.3) is 0 Å². The second kappa shape index (κ2) is 7.02. The smallest absolute Gasteiger partial charge is 0.283 e. The lowest BCUT2D eigenvalue weighted by Crippen LogP contribution is -2.04. The summed E-state index contributed by atoms with van der Waals surface area (Å²) in [5.41, 5.74) is 7.26. The summed E-state index contributed by atoms with van der Waals surface area (Å²) in [5, 5.41) is 10.9. The van der Waals surface area contributed by atoms with Crippen LogP contribution in [0.3, 0.4) is 0 Å². The van der Waals surface area contributed by atoms with E-state index in [1.165, 1.54) is 6.07 Å². The molecular formula is C14H12Br2N2O3. The van der Waals surface area contributed by atoms with Gasteiger partial charge in [0.2, 0.25) is 0 Å². The molecule has 2 rings (SSSR count). The number of halogens is 2. The molecule has 0 saturated heterocycles. The molecular weight excluding hydrogens is 404 g/mol. The minimum Gasteiger partial charge on any atom is -0.487 e. The molecule has 2 N–H and O–H groups in total. The number of nitrogens with two attached hydrogens (primary N) is 1. The number of nitro groups is 1. The zero-order valence-corrected chi connectivity index (χ0v) is 14.1. The largest absolute Gasteiger partial charge is 0.487 e. The van der Waals surface area contributed by atoms with Crippen molar-refractivity contribution in [3.63, 3.8) is 0 Å². The zero-order valence-electron chi connectivity index (χ0n) is 10.9. The molecule has 0 aromatic heterocycles. The van der Waals surface area contributed by atoms with Crippen LogP contribution in [0.2, 0.25) is 0 Å². The Balaban J connectivity index is 2.25. The average Bonchev–Trinajstić information content (AvgIpc) is 2.46. The number of ether oxygens (including phenoxy) is 1. The summed E-state index contributed by atoms with van der Waals surface area (Å²) in [6.45, 7) is 0.558. The molecule has 2 aromatic carbocycles. The van der Waals surface area contributed by atoms with Crippen LogP contribution in [0.5, 0.6) is 5.75 Å². The highest BCUT2D eigenvalue weighted by molar-refractivity contribution is 9.11. The first-order chi connectivity index (χ1) is 10.0. The zero-order chi connectivity index (χ0) is 15.4. The van der Waals surface area contributed by atoms with Crippen molar-refractivity contribution in [2.75, 3.05) is 0 Å². The number of nitrogens with zero attached hydrogens (tertiary/aromatic N) is 1. The van der Waals surface area contributed by atoms with Crippen molar-refractivity contribution < 1.29 is 9.66 Å². The molecule has 2 aromatic rings. The predicted molar refractivity (Wildman–Crippen MR) is 87.2 cm³/mol. The van der Waals surface area contributed by atoms with E-state index < -0.39 is 4.92 Å². The molecule has 0 aliphatic rings. The van der Waals surface area contributed by atoms with Crippen LogP contribution < -0.4 is 10.5 Å². The van der Waals surface area contributed by atoms with Crippen LogP contribution in [-0.2, 0) is 13.2 Å². The molecule has 21 heavy (non-hydrogen) atoms. The molecule has 0 heterocycles. The van der Waals surface area contributed by atoms with Crippen molar-refractivity contribution in [1.82, 2.24) is 0 Å². The highest BCUT2D eigenvalue weighted by Crippen LogP contribution is 2.32. The fourth-order valence-electron chi connectivity index (χ4n) is 1.84. The van der Waals surface area contributed by atoms with E-state index in [4.69, 9.17) is 10.5 Å². The SMILES string of the molecule is NCc1cccc(Br)c1OCc1cccc([N+](=O)[O-])c1Br. The monoisotopic (exact) mass is 414 g/mol. The van der Waals surface area contributed by atoms with Crippen molar-refractivity contribution in [1.29, 1.82) is 0 Å². The summed E-state index contributed by atoms with van der Waals surface area (Å²) in [7, 11) is 0. The highest BCUT2D eigenvalue weighted by Gasteiger charge is 2.16. The van der Waals surface area contributed by atoms with Crippen molar-refractivity contribution in [2.45, 2.75) is 13.2 Å². The van der Waals surface area contributed by atoms with Gasteiger partial charge in [0, 0.05) is 23.7 Å². The molecule has 0 bridgehead atoms. The topological polar surface area (TPSA) is 78.4 Å². The maximum Gasteiger partial charge on any atom is 0.283 e. The highest BCUT2D eigenvalue weighted by atomic mass is 79.9. The summed E-state index contributed by atoms with van der Waals surface area (Å²) in [4.78, 5) is 10.5. The molecule has 0 unspecified atom stereocenters. The van der Waals surface area contributed by atoms with Gasteiger partial charge in [-0.25, -0.2) is 0 Å². The Morgan fingerprint density at radius 1 is 1.14 bits per heavy atom. The molecule has 5 nitrogen and oxygen atoms in total. The predicted octanol–water partition coefficient (Wildman–Crippen LogP) is 4.16. The van der Waals surface area contributed by atoms with Crippen molar-refractivity contribution in [2.24, 2.45) is 5.73 Å². The molecule has 110 valence electrons. The van der Waals surface area contributed by atoms with Crippen LogP contribution in [-0.4, -0.2) is 4.92 Å². The number of rotatable bonds is 5. The van der Waals surface area contributed by atoms with E-state index in [0.717, 1.165) is 10.0 Å². The van der Waals surface area contributed by atoms with Crippen molar-refractivity contribution in [3.05, 3.63) is 66.6 Å². The maximum atomic E-state index is 10.9. The first-order valence-electron chi connectivity index (χ1n) is 6.06. The van der Waals surface area contributed by atoms with Gasteiger partial charge in [0.25, 0.3) is 5.69 Å². The van der Waals surface area contributed by atoms with Gasteiger partial charge in [-0.1, -0.05) is 24.3 Å². The summed E-state index contributed by atoms with van der Waals surface area (Å²) >= 11 is 6.67. The van der Waals surface area contributed by atoms with Crippen LogP contribution in [0.1, 0.15) is 11.1 Å². The van der Waals surface area contributed by atoms with E-state index in [0.29, 0.717) is 22.3 Å². The van der Waals surface area contributed by atoms with Gasteiger partial charge in [-0.2, -0.15) is 0 Å². The van der Waals surface area contributed by atoms with Gasteiger partial charge in [0.05, 0.1) is 9.40 Å². The van der Waals surface area contributed by atoms with Gasteiger partial charge in [-0.15, -0.1) is 0 Å². The number of benzene rings is 2. The van der Waals surface area contributed by atoms with E-state index in [1.807, 2.05) is 18.2 Å². The lowest BCUT2D eigenvalue weighted by atomic mass is 10.2. The van der Waals surface area contributed by atoms with Gasteiger partial charge in [0.15, 0.2) is 0 Å². The van der Waals surface area contributed by atoms with E-state index >= 15 is 0 Å². The van der Waals surface area contributed by atoms with Gasteiger partial charge in [-0.3, -0.25) is 10.1 Å². The first-order valence-corrected chi connectivity index (χ1v) is 7.65. The van der Waals surface area contributed by atoms with Gasteiger partial charge in [-0.05, 0) is 37.9 Å². The number of nitro benzene ring substituents is 1. The van der Waals surface area contributed by atoms with Gasteiger partial charge < -0.3 is 10.5 Å². The minimum absolute atomic E-state index is 0.0160. The van der Waals surface area contributed by atoms with Crippen LogP contribution in [0.4, 0.5) is 5.69 Å². The molecule has 0 aliphatic heterocycles. The van der Waals surface area contributed by atoms with Crippen LogP contribution in [0.15, 0.2) is 45.3 Å². The molecule has 0 amide bonds. The van der Waals surface area contributed by atoms with E-state index in [9.17, 15) is 10.1 Å². The fourth-order valence-corrected chi connectivity index (χ4v) is 2.89. The Labute approximate surface area is 138 Å². The van der Waals surface area contributed by atoms with E-state index in [2.05, 4.69) is 31.9 Å². The molecule has 0 atom stereocenters. The molecule has 0 spiro atoms. The first kappa shape index (κ1) is 15.9. The Bertz CT molecular complexity index is 677. The second-order valence-electron chi connectivity index (χ2n) is 4.23. The average molecular weight is 416 g/mol. The van der Waals surface area contributed by atoms with Gasteiger partial charge in [0.1, 0.15) is 16.8 Å². The number of hydrogen-bond donors (Lipinski definition) is 1. The molecule has 0 radical (unpaired) electrons. The van der Waals surface area contributed by atoms with Crippen LogP contribution in [0, 0.1) is 10.1 Å². The number of hydrogen-bond acceptors (Lipinski definition) is 4. The Morgan fingerprint density at radius 2 is 1.81 bits per heavy atom. The summed E-state index contributed by atoms with van der Waals surface area (Å²) in [6.07, 6.45) is 0. The quantitative estimate of drug-likeness (QED) is 0.587. The van der Waals surface area contributed by atoms with E-state index in [-0.39, 0.29) is 12.3 Å². The fraction of sp³-hybridized carbons (Fsp3) is 0.143. The third-order valence-electron chi connectivity index (χ3n) is 2.90. The minimum atomic E-state index is -0.433. The molecule has 0 saturated carbocycles. The molecule has 0 fully saturated rings. The third kappa shape index (κ3) is 3.61. The Morgan fingerprint density at radius 3 is 2.48 bits per heavy atom. The summed E-state index contributed by atoms with van der Waals surface area (Å²) < 4.78 is 7.01. The maximum absolute atomic E-state index is 10.9. The summed E-state index contributed by atoms with van der Waals surface area (Å²) in [5.74, 6) is 0.651. The third-order valence-corrected chi connectivity index (χ3v) is 4.44. The number of para-hydroxylation sites is 1. The lowest BCUT2D eigenvalue weighted by Gasteiger charge is -2.13. The molecule has 7 heteroatoms. The molecule has 0 aliphatic carbocycles. The van der Waals surface area contributed by atoms with Crippen molar-refractivity contribution in [3.8, 4) is 5.75 Å². The standard InChI is InChI=1S/C14H12Br2N2O3/c15-11-5-1-3-9(7-17)14(11)21-8-10-4-2-6-12(13(10)16)18(19)20/h1-6H,7-8,17H2. The Hall–Kier alpha value is -1.44.